The number of nitrogens with zero attached hydrogens (tertiary/aromatic N) is 5. The third kappa shape index (κ3) is 6.09. The third-order valence-corrected chi connectivity index (χ3v) is 3.87. The first-order valence-corrected chi connectivity index (χ1v) is 8.77. The van der Waals surface area contributed by atoms with E-state index in [2.05, 4.69) is 51.5 Å². The summed E-state index contributed by atoms with van der Waals surface area (Å²) in [7, 11) is 1.92. The van der Waals surface area contributed by atoms with Crippen LogP contribution in [0.15, 0.2) is 11.3 Å². The summed E-state index contributed by atoms with van der Waals surface area (Å²) < 4.78 is 7.75. The molecule has 0 bridgehead atoms. The summed E-state index contributed by atoms with van der Waals surface area (Å²) in [6.07, 6.45) is 1.88. The molecule has 0 amide bonds. The minimum Gasteiger partial charge on any atom is -0.374 e. The van der Waals surface area contributed by atoms with Crippen LogP contribution in [0.5, 0.6) is 0 Å². The molecule has 0 radical (unpaired) electrons. The zero-order chi connectivity index (χ0) is 17.4. The van der Waals surface area contributed by atoms with E-state index in [9.17, 15) is 0 Å². The lowest BCUT2D eigenvalue weighted by Gasteiger charge is -2.34. The van der Waals surface area contributed by atoms with Gasteiger partial charge in [-0.1, -0.05) is 13.8 Å². The molecule has 0 aliphatic carbocycles. The summed E-state index contributed by atoms with van der Waals surface area (Å²) in [6.45, 7) is 12.5. The van der Waals surface area contributed by atoms with Gasteiger partial charge in [0.2, 0.25) is 0 Å². The van der Waals surface area contributed by atoms with Gasteiger partial charge in [-0.2, -0.15) is 0 Å². The lowest BCUT2D eigenvalue weighted by molar-refractivity contribution is -0.0284. The summed E-state index contributed by atoms with van der Waals surface area (Å²) in [6, 6.07) is 0. The Morgan fingerprint density at radius 1 is 1.46 bits per heavy atom. The quantitative estimate of drug-likeness (QED) is 0.548. The fraction of sp³-hybridized carbons (Fsp3) is 0.812. The number of guanidine groups is 1. The fourth-order valence-electron chi connectivity index (χ4n) is 2.74. The van der Waals surface area contributed by atoms with Gasteiger partial charge in [-0.25, -0.2) is 4.99 Å². The van der Waals surface area contributed by atoms with Crippen LogP contribution in [0.2, 0.25) is 0 Å². The van der Waals surface area contributed by atoms with Crippen LogP contribution in [0, 0.1) is 5.92 Å². The molecule has 24 heavy (non-hydrogen) atoms. The molecule has 136 valence electrons. The first kappa shape index (κ1) is 18.7. The second kappa shape index (κ2) is 9.58. The molecule has 1 fully saturated rings. The number of morpholine rings is 1. The molecule has 1 aliphatic rings. The summed E-state index contributed by atoms with van der Waals surface area (Å²) in [5.74, 6) is 2.30. The number of hydrogen-bond donors (Lipinski definition) is 2. The van der Waals surface area contributed by atoms with Crippen molar-refractivity contribution in [1.82, 2.24) is 30.3 Å². The van der Waals surface area contributed by atoms with Crippen LogP contribution in [-0.2, 0) is 18.3 Å². The maximum absolute atomic E-state index is 5.87. The third-order valence-electron chi connectivity index (χ3n) is 3.87. The SMILES string of the molecule is CCNC(=NCc1nncn1C)NCC1CN(CC(C)C)CCO1. The van der Waals surface area contributed by atoms with E-state index in [1.54, 1.807) is 6.33 Å². The predicted molar refractivity (Wildman–Crippen MR) is 94.8 cm³/mol. The van der Waals surface area contributed by atoms with Gasteiger partial charge in [0.25, 0.3) is 0 Å². The van der Waals surface area contributed by atoms with Gasteiger partial charge in [-0.3, -0.25) is 4.90 Å². The van der Waals surface area contributed by atoms with E-state index in [0.29, 0.717) is 12.5 Å². The Hall–Kier alpha value is -1.67. The van der Waals surface area contributed by atoms with E-state index in [0.717, 1.165) is 51.1 Å². The average molecular weight is 337 g/mol. The molecule has 1 unspecified atom stereocenters. The van der Waals surface area contributed by atoms with Crippen LogP contribution < -0.4 is 10.6 Å². The maximum atomic E-state index is 5.87. The normalized spacial score (nSPS) is 19.7. The Kier molecular flexibility index (Phi) is 7.45. The number of ether oxygens (including phenoxy) is 1. The van der Waals surface area contributed by atoms with Gasteiger partial charge in [0.05, 0.1) is 12.7 Å². The molecule has 0 spiro atoms. The van der Waals surface area contributed by atoms with E-state index in [1.807, 2.05) is 11.6 Å². The summed E-state index contributed by atoms with van der Waals surface area (Å²) in [4.78, 5) is 7.05. The Morgan fingerprint density at radius 3 is 2.96 bits per heavy atom. The topological polar surface area (TPSA) is 79.6 Å². The van der Waals surface area contributed by atoms with Crippen LogP contribution >= 0.6 is 0 Å². The Labute approximate surface area is 144 Å². The Morgan fingerprint density at radius 2 is 2.29 bits per heavy atom. The first-order chi connectivity index (χ1) is 11.6. The van der Waals surface area contributed by atoms with Crippen molar-refractivity contribution in [2.24, 2.45) is 18.0 Å². The average Bonchev–Trinajstić information content (AvgIpc) is 2.95. The summed E-state index contributed by atoms with van der Waals surface area (Å²) >= 11 is 0. The molecule has 0 aromatic carbocycles. The largest absolute Gasteiger partial charge is 0.374 e. The summed E-state index contributed by atoms with van der Waals surface area (Å²) in [5.41, 5.74) is 0. The van der Waals surface area contributed by atoms with E-state index in [4.69, 9.17) is 4.74 Å². The van der Waals surface area contributed by atoms with Gasteiger partial charge in [0, 0.05) is 39.8 Å². The second-order valence-electron chi connectivity index (χ2n) is 6.58. The second-order valence-corrected chi connectivity index (χ2v) is 6.58. The van der Waals surface area contributed by atoms with Gasteiger partial charge >= 0.3 is 0 Å². The van der Waals surface area contributed by atoms with Gasteiger partial charge < -0.3 is 19.9 Å². The first-order valence-electron chi connectivity index (χ1n) is 8.77. The van der Waals surface area contributed by atoms with E-state index < -0.39 is 0 Å². The molecule has 8 nitrogen and oxygen atoms in total. The fourth-order valence-corrected chi connectivity index (χ4v) is 2.74. The highest BCUT2D eigenvalue weighted by Crippen LogP contribution is 2.07. The van der Waals surface area contributed by atoms with E-state index in [-0.39, 0.29) is 6.10 Å². The van der Waals surface area contributed by atoms with E-state index in [1.165, 1.54) is 0 Å². The zero-order valence-corrected chi connectivity index (χ0v) is 15.3. The number of aryl methyl sites for hydroxylation is 1. The van der Waals surface area contributed by atoms with Crippen molar-refractivity contribution in [2.75, 3.05) is 39.3 Å². The van der Waals surface area contributed by atoms with Crippen molar-refractivity contribution in [3.8, 4) is 0 Å². The van der Waals surface area contributed by atoms with E-state index >= 15 is 0 Å². The number of aliphatic imine (C=N–C) groups is 1. The number of aromatic nitrogens is 3. The standard InChI is InChI=1S/C16H31N7O/c1-5-17-16(19-9-15-21-20-12-22(15)4)18-8-14-11-23(6-7-24-14)10-13(2)3/h12-14H,5-11H2,1-4H3,(H2,17,18,19). The molecule has 2 N–H and O–H groups in total. The number of hydrogen-bond acceptors (Lipinski definition) is 5. The minimum atomic E-state index is 0.191. The van der Waals surface area contributed by atoms with Gasteiger partial charge in [0.1, 0.15) is 12.9 Å². The van der Waals surface area contributed by atoms with Gasteiger partial charge in [-0.15, -0.1) is 10.2 Å². The lowest BCUT2D eigenvalue weighted by atomic mass is 10.2. The van der Waals surface area contributed by atoms with Crippen molar-refractivity contribution in [3.63, 3.8) is 0 Å². The highest BCUT2D eigenvalue weighted by Gasteiger charge is 2.21. The molecule has 0 saturated carbocycles. The van der Waals surface area contributed by atoms with Crippen molar-refractivity contribution in [3.05, 3.63) is 12.2 Å². The van der Waals surface area contributed by atoms with Crippen molar-refractivity contribution >= 4 is 5.96 Å². The van der Waals surface area contributed by atoms with Crippen LogP contribution in [0.1, 0.15) is 26.6 Å². The molecule has 2 rings (SSSR count). The lowest BCUT2D eigenvalue weighted by Crippen LogP contribution is -2.50. The van der Waals surface area contributed by atoms with Crippen LogP contribution in [0.25, 0.3) is 0 Å². The molecule has 1 aromatic heterocycles. The molecule has 1 atom stereocenters. The van der Waals surface area contributed by atoms with Crippen LogP contribution in [-0.4, -0.2) is 71.1 Å². The molecule has 1 aliphatic heterocycles. The van der Waals surface area contributed by atoms with Gasteiger partial charge in [0.15, 0.2) is 11.8 Å². The zero-order valence-electron chi connectivity index (χ0n) is 15.3. The highest BCUT2D eigenvalue weighted by molar-refractivity contribution is 5.79. The number of rotatable bonds is 7. The van der Waals surface area contributed by atoms with Crippen molar-refractivity contribution in [1.29, 1.82) is 0 Å². The smallest absolute Gasteiger partial charge is 0.191 e. The maximum Gasteiger partial charge on any atom is 0.191 e. The minimum absolute atomic E-state index is 0.191. The summed E-state index contributed by atoms with van der Waals surface area (Å²) in [5, 5.41) is 14.6. The molecule has 1 aromatic rings. The molecular formula is C16H31N7O. The van der Waals surface area contributed by atoms with Crippen LogP contribution in [0.3, 0.4) is 0 Å². The molecule has 8 heteroatoms. The molecular weight excluding hydrogens is 306 g/mol. The van der Waals surface area contributed by atoms with Gasteiger partial charge in [-0.05, 0) is 12.8 Å². The Bertz CT molecular complexity index is 514. The number of nitrogens with one attached hydrogen (secondary N) is 2. The molecule has 2 heterocycles. The van der Waals surface area contributed by atoms with Crippen molar-refractivity contribution < 1.29 is 4.74 Å². The molecule has 1 saturated heterocycles. The monoisotopic (exact) mass is 337 g/mol. The predicted octanol–water partition coefficient (Wildman–Crippen LogP) is 0.227. The Balaban J connectivity index is 1.83. The highest BCUT2D eigenvalue weighted by atomic mass is 16.5. The van der Waals surface area contributed by atoms with Crippen LogP contribution in [0.4, 0.5) is 0 Å². The van der Waals surface area contributed by atoms with Crippen molar-refractivity contribution in [2.45, 2.75) is 33.4 Å².